The van der Waals surface area contributed by atoms with Crippen molar-refractivity contribution in [2.75, 3.05) is 19.0 Å². The van der Waals surface area contributed by atoms with Gasteiger partial charge in [-0.25, -0.2) is 9.67 Å². The number of amides is 1. The number of hydrogen-bond acceptors (Lipinski definition) is 4. The van der Waals surface area contributed by atoms with Gasteiger partial charge in [0.2, 0.25) is 0 Å². The molecule has 2 heterocycles. The Morgan fingerprint density at radius 2 is 2.00 bits per heavy atom. The first kappa shape index (κ1) is 15.7. The number of benzene rings is 1. The molecule has 0 spiro atoms. The largest absolute Gasteiger partial charge is 0.363 e. The summed E-state index contributed by atoms with van der Waals surface area (Å²) in [5.41, 5.74) is 2.34. The molecule has 0 radical (unpaired) electrons. The number of anilines is 1. The van der Waals surface area contributed by atoms with Crippen LogP contribution in [0.3, 0.4) is 0 Å². The lowest BCUT2D eigenvalue weighted by atomic mass is 10.1. The maximum Gasteiger partial charge on any atom is 0.253 e. The van der Waals surface area contributed by atoms with Crippen LogP contribution in [-0.4, -0.2) is 34.8 Å². The van der Waals surface area contributed by atoms with Crippen LogP contribution in [0, 0.1) is 0 Å². The number of carbonyl (C=O) groups excluding carboxylic acids is 1. The van der Waals surface area contributed by atoms with Crippen molar-refractivity contribution in [2.24, 2.45) is 0 Å². The summed E-state index contributed by atoms with van der Waals surface area (Å²) in [6.45, 7) is 0.440. The molecule has 24 heavy (non-hydrogen) atoms. The van der Waals surface area contributed by atoms with E-state index < -0.39 is 0 Å². The van der Waals surface area contributed by atoms with Crippen molar-refractivity contribution in [3.8, 4) is 5.69 Å². The highest BCUT2D eigenvalue weighted by Gasteiger charge is 2.12. The van der Waals surface area contributed by atoms with Crippen molar-refractivity contribution < 1.29 is 4.79 Å². The molecule has 1 N–H and O–H groups in total. The molecule has 0 saturated heterocycles. The zero-order chi connectivity index (χ0) is 16.9. The summed E-state index contributed by atoms with van der Waals surface area (Å²) in [6.07, 6.45) is 5.25. The van der Waals surface area contributed by atoms with E-state index in [9.17, 15) is 4.79 Å². The molecular weight excluding hydrogens is 302 g/mol. The predicted octanol–water partition coefficient (Wildman–Crippen LogP) is 2.26. The topological polar surface area (TPSA) is 63.1 Å². The number of aromatic nitrogens is 3. The lowest BCUT2D eigenvalue weighted by Crippen LogP contribution is -2.24. The van der Waals surface area contributed by atoms with E-state index in [1.807, 2.05) is 61.6 Å². The molecule has 3 rings (SSSR count). The summed E-state index contributed by atoms with van der Waals surface area (Å²) in [7, 11) is 3.87. The highest BCUT2D eigenvalue weighted by molar-refractivity contribution is 5.97. The first-order valence-corrected chi connectivity index (χ1v) is 7.64. The van der Waals surface area contributed by atoms with Gasteiger partial charge in [-0.05, 0) is 35.9 Å². The summed E-state index contributed by atoms with van der Waals surface area (Å²) in [6, 6.07) is 13.1. The van der Waals surface area contributed by atoms with Crippen molar-refractivity contribution in [3.63, 3.8) is 0 Å². The fraction of sp³-hybridized carbons (Fsp3) is 0.167. The highest BCUT2D eigenvalue weighted by atomic mass is 16.1. The summed E-state index contributed by atoms with van der Waals surface area (Å²) in [4.78, 5) is 18.8. The number of hydrogen-bond donors (Lipinski definition) is 1. The van der Waals surface area contributed by atoms with Gasteiger partial charge in [0.05, 0.1) is 11.3 Å². The van der Waals surface area contributed by atoms with Crippen LogP contribution in [0.5, 0.6) is 0 Å². The minimum absolute atomic E-state index is 0.135. The SMILES string of the molecule is CN(C)c1cc(CNC(=O)c2ccccc2-n2cccn2)ccn1. The maximum atomic E-state index is 12.6. The Hall–Kier alpha value is -3.15. The minimum atomic E-state index is -0.135. The second-order valence-electron chi connectivity index (χ2n) is 5.57. The lowest BCUT2D eigenvalue weighted by molar-refractivity contribution is 0.0950. The molecule has 1 aromatic carbocycles. The van der Waals surface area contributed by atoms with Gasteiger partial charge in [0.15, 0.2) is 0 Å². The molecule has 6 nitrogen and oxygen atoms in total. The first-order valence-electron chi connectivity index (χ1n) is 7.64. The first-order chi connectivity index (χ1) is 11.6. The number of nitrogens with one attached hydrogen (secondary N) is 1. The normalized spacial score (nSPS) is 10.4. The quantitative estimate of drug-likeness (QED) is 0.783. The van der Waals surface area contributed by atoms with E-state index in [4.69, 9.17) is 0 Å². The van der Waals surface area contributed by atoms with Crippen molar-refractivity contribution in [3.05, 3.63) is 72.2 Å². The van der Waals surface area contributed by atoms with Gasteiger partial charge < -0.3 is 10.2 Å². The van der Waals surface area contributed by atoms with Gasteiger partial charge in [-0.2, -0.15) is 5.10 Å². The van der Waals surface area contributed by atoms with Crippen LogP contribution in [0.1, 0.15) is 15.9 Å². The molecular formula is C18H19N5O. The monoisotopic (exact) mass is 321 g/mol. The Morgan fingerprint density at radius 3 is 2.75 bits per heavy atom. The maximum absolute atomic E-state index is 12.6. The Kier molecular flexibility index (Phi) is 4.56. The Morgan fingerprint density at radius 1 is 1.17 bits per heavy atom. The Labute approximate surface area is 140 Å². The molecule has 3 aromatic rings. The standard InChI is InChI=1S/C18H19N5O/c1-22(2)17-12-14(8-10-19-17)13-20-18(24)15-6-3-4-7-16(15)23-11-5-9-21-23/h3-12H,13H2,1-2H3,(H,20,24). The van der Waals surface area contributed by atoms with Crippen LogP contribution in [0.25, 0.3) is 5.69 Å². The van der Waals surface area contributed by atoms with Crippen LogP contribution >= 0.6 is 0 Å². The van der Waals surface area contributed by atoms with E-state index in [0.29, 0.717) is 12.1 Å². The zero-order valence-electron chi connectivity index (χ0n) is 13.7. The van der Waals surface area contributed by atoms with Gasteiger partial charge >= 0.3 is 0 Å². The highest BCUT2D eigenvalue weighted by Crippen LogP contribution is 2.14. The molecule has 1 amide bonds. The summed E-state index contributed by atoms with van der Waals surface area (Å²) >= 11 is 0. The van der Waals surface area contributed by atoms with E-state index in [1.165, 1.54) is 0 Å². The van der Waals surface area contributed by atoms with Crippen LogP contribution < -0.4 is 10.2 Å². The third-order valence-electron chi connectivity index (χ3n) is 3.62. The average Bonchev–Trinajstić information content (AvgIpc) is 3.14. The van der Waals surface area contributed by atoms with E-state index in [1.54, 1.807) is 23.1 Å². The van der Waals surface area contributed by atoms with Crippen molar-refractivity contribution in [1.29, 1.82) is 0 Å². The molecule has 122 valence electrons. The summed E-state index contributed by atoms with van der Waals surface area (Å²) < 4.78 is 1.69. The van der Waals surface area contributed by atoms with E-state index in [0.717, 1.165) is 17.1 Å². The zero-order valence-corrected chi connectivity index (χ0v) is 13.7. The molecule has 2 aromatic heterocycles. The van der Waals surface area contributed by atoms with Crippen molar-refractivity contribution in [2.45, 2.75) is 6.54 Å². The number of nitrogens with zero attached hydrogens (tertiary/aromatic N) is 4. The predicted molar refractivity (Wildman–Crippen MR) is 93.3 cm³/mol. The summed E-state index contributed by atoms with van der Waals surface area (Å²) in [5.74, 6) is 0.725. The number of para-hydroxylation sites is 1. The smallest absolute Gasteiger partial charge is 0.253 e. The van der Waals surface area contributed by atoms with E-state index in [-0.39, 0.29) is 5.91 Å². The van der Waals surface area contributed by atoms with Crippen molar-refractivity contribution in [1.82, 2.24) is 20.1 Å². The number of carbonyl (C=O) groups is 1. The van der Waals surface area contributed by atoms with Gasteiger partial charge in [0, 0.05) is 39.2 Å². The van der Waals surface area contributed by atoms with E-state index in [2.05, 4.69) is 15.4 Å². The number of rotatable bonds is 5. The third-order valence-corrected chi connectivity index (χ3v) is 3.62. The Balaban J connectivity index is 1.76. The molecule has 6 heteroatoms. The van der Waals surface area contributed by atoms with Gasteiger partial charge in [-0.1, -0.05) is 12.1 Å². The van der Waals surface area contributed by atoms with E-state index >= 15 is 0 Å². The lowest BCUT2D eigenvalue weighted by Gasteiger charge is -2.13. The van der Waals surface area contributed by atoms with Gasteiger partial charge in [-0.15, -0.1) is 0 Å². The van der Waals surface area contributed by atoms with Gasteiger partial charge in [0.1, 0.15) is 5.82 Å². The second kappa shape index (κ2) is 6.95. The molecule has 0 aliphatic rings. The van der Waals surface area contributed by atoms with Gasteiger partial charge in [0.25, 0.3) is 5.91 Å². The fourth-order valence-electron chi connectivity index (χ4n) is 2.37. The molecule has 0 aliphatic carbocycles. The molecule has 0 aliphatic heterocycles. The summed E-state index contributed by atoms with van der Waals surface area (Å²) in [5, 5.41) is 7.16. The molecule has 0 saturated carbocycles. The Bertz CT molecular complexity index is 827. The third kappa shape index (κ3) is 3.43. The van der Waals surface area contributed by atoms with Crippen LogP contribution in [0.2, 0.25) is 0 Å². The molecule has 0 fully saturated rings. The molecule has 0 unspecified atom stereocenters. The van der Waals surface area contributed by atoms with Crippen LogP contribution in [0.4, 0.5) is 5.82 Å². The fourth-order valence-corrected chi connectivity index (χ4v) is 2.37. The van der Waals surface area contributed by atoms with Gasteiger partial charge in [-0.3, -0.25) is 4.79 Å². The van der Waals surface area contributed by atoms with Crippen LogP contribution in [-0.2, 0) is 6.54 Å². The minimum Gasteiger partial charge on any atom is -0.363 e. The molecule has 0 bridgehead atoms. The number of pyridine rings is 1. The average molecular weight is 321 g/mol. The van der Waals surface area contributed by atoms with Crippen molar-refractivity contribution >= 4 is 11.7 Å². The van der Waals surface area contributed by atoms with Crippen LogP contribution in [0.15, 0.2) is 61.1 Å². The second-order valence-corrected chi connectivity index (χ2v) is 5.57. The molecule has 0 atom stereocenters.